The molecule has 0 saturated carbocycles. The van der Waals surface area contributed by atoms with Gasteiger partial charge in [0, 0.05) is 32.1 Å². The number of carbonyl (C=O) groups is 1. The van der Waals surface area contributed by atoms with E-state index < -0.39 is 6.04 Å². The molecule has 0 bridgehead atoms. The summed E-state index contributed by atoms with van der Waals surface area (Å²) in [5.74, 6) is -0.672. The van der Waals surface area contributed by atoms with Crippen LogP contribution in [-0.4, -0.2) is 36.5 Å². The van der Waals surface area contributed by atoms with Crippen LogP contribution in [-0.2, 0) is 11.2 Å². The van der Waals surface area contributed by atoms with E-state index >= 15 is 0 Å². The molecule has 6 heteroatoms. The Morgan fingerprint density at radius 1 is 1.19 bits per heavy atom. The summed E-state index contributed by atoms with van der Waals surface area (Å²) < 4.78 is 26.9. The van der Waals surface area contributed by atoms with Crippen molar-refractivity contribution in [3.8, 4) is 0 Å². The largest absolute Gasteiger partial charge is 0.333 e. The van der Waals surface area contributed by atoms with Crippen molar-refractivity contribution in [1.29, 1.82) is 0 Å². The van der Waals surface area contributed by atoms with Gasteiger partial charge in [-0.25, -0.2) is 8.78 Å². The molecular weight excluding hydrogens is 336 g/mol. The van der Waals surface area contributed by atoms with Crippen molar-refractivity contribution in [2.75, 3.05) is 19.6 Å². The highest BCUT2D eigenvalue weighted by molar-refractivity contribution is 5.77. The van der Waals surface area contributed by atoms with Crippen molar-refractivity contribution < 1.29 is 13.6 Å². The van der Waals surface area contributed by atoms with E-state index in [-0.39, 0.29) is 30.0 Å². The van der Waals surface area contributed by atoms with E-state index in [1.807, 2.05) is 0 Å². The molecule has 1 heterocycles. The van der Waals surface area contributed by atoms with Crippen molar-refractivity contribution >= 4 is 5.91 Å². The molecule has 0 radical (unpaired) electrons. The van der Waals surface area contributed by atoms with Crippen LogP contribution in [0, 0.1) is 11.6 Å². The van der Waals surface area contributed by atoms with Crippen LogP contribution in [0.15, 0.2) is 48.5 Å². The van der Waals surface area contributed by atoms with Crippen molar-refractivity contribution in [3.05, 3.63) is 71.3 Å². The molecule has 1 amide bonds. The van der Waals surface area contributed by atoms with Gasteiger partial charge in [-0.1, -0.05) is 30.3 Å². The molecule has 2 aromatic carbocycles. The first-order valence-corrected chi connectivity index (χ1v) is 8.79. The second-order valence-corrected chi connectivity index (χ2v) is 6.62. The number of nitrogens with zero attached hydrogens (tertiary/aromatic N) is 1. The van der Waals surface area contributed by atoms with E-state index in [4.69, 9.17) is 5.73 Å². The Hall–Kier alpha value is -2.31. The minimum absolute atomic E-state index is 0.0651. The van der Waals surface area contributed by atoms with Crippen molar-refractivity contribution in [1.82, 2.24) is 10.2 Å². The van der Waals surface area contributed by atoms with Gasteiger partial charge in [0.05, 0.1) is 6.04 Å². The lowest BCUT2D eigenvalue weighted by atomic mass is 10.00. The summed E-state index contributed by atoms with van der Waals surface area (Å²) in [4.78, 5) is 14.6. The summed E-state index contributed by atoms with van der Waals surface area (Å²) in [5, 5.41) is 3.26. The van der Waals surface area contributed by atoms with E-state index in [1.165, 1.54) is 18.2 Å². The fraction of sp³-hybridized carbons (Fsp3) is 0.350. The van der Waals surface area contributed by atoms with Crippen molar-refractivity contribution in [2.24, 2.45) is 5.73 Å². The highest BCUT2D eigenvalue weighted by Crippen LogP contribution is 2.24. The average molecular weight is 359 g/mol. The summed E-state index contributed by atoms with van der Waals surface area (Å²) in [7, 11) is 0. The predicted molar refractivity (Wildman–Crippen MR) is 96.4 cm³/mol. The zero-order valence-electron chi connectivity index (χ0n) is 14.5. The lowest BCUT2D eigenvalue weighted by Gasteiger charge is -2.37. The molecule has 3 rings (SSSR count). The van der Waals surface area contributed by atoms with Crippen molar-refractivity contribution in [2.45, 2.75) is 24.9 Å². The SMILES string of the molecule is N[C@@H](CC(=O)N1CCNC[C@H]1c1ccc(F)cc1)Cc1ccccc1F. The Balaban J connectivity index is 1.66. The monoisotopic (exact) mass is 359 g/mol. The maximum absolute atomic E-state index is 13.8. The number of hydrogen-bond donors (Lipinski definition) is 2. The van der Waals surface area contributed by atoms with Crippen LogP contribution in [0.1, 0.15) is 23.6 Å². The standard InChI is InChI=1S/C20H23F2N3O/c21-16-7-5-14(6-8-16)19-13-24-9-10-25(19)20(26)12-17(23)11-15-3-1-2-4-18(15)22/h1-8,17,19,24H,9-13,23H2/t17-,19+/m1/s1. The lowest BCUT2D eigenvalue weighted by molar-refractivity contribution is -0.134. The van der Waals surface area contributed by atoms with Crippen LogP contribution < -0.4 is 11.1 Å². The number of piperazine rings is 1. The normalized spacial score (nSPS) is 18.6. The quantitative estimate of drug-likeness (QED) is 0.862. The Morgan fingerprint density at radius 3 is 2.65 bits per heavy atom. The highest BCUT2D eigenvalue weighted by Gasteiger charge is 2.28. The predicted octanol–water partition coefficient (Wildman–Crippen LogP) is 2.40. The molecule has 1 fully saturated rings. The maximum atomic E-state index is 13.8. The summed E-state index contributed by atoms with van der Waals surface area (Å²) in [6.45, 7) is 1.87. The number of halogens is 2. The molecule has 2 atom stereocenters. The van der Waals surface area contributed by atoms with Crippen LogP contribution in [0.2, 0.25) is 0 Å². The molecule has 4 nitrogen and oxygen atoms in total. The molecule has 1 aliphatic rings. The van der Waals surface area contributed by atoms with E-state index in [9.17, 15) is 13.6 Å². The molecule has 0 unspecified atom stereocenters. The minimum Gasteiger partial charge on any atom is -0.333 e. The number of nitrogens with one attached hydrogen (secondary N) is 1. The summed E-state index contributed by atoms with van der Waals surface area (Å²) in [5.41, 5.74) is 7.51. The average Bonchev–Trinajstić information content (AvgIpc) is 2.64. The van der Waals surface area contributed by atoms with Gasteiger partial charge in [-0.05, 0) is 35.7 Å². The first-order valence-electron chi connectivity index (χ1n) is 8.79. The number of carbonyl (C=O) groups excluding carboxylic acids is 1. The molecule has 1 aliphatic heterocycles. The molecular formula is C20H23F2N3O. The van der Waals surface area contributed by atoms with Crippen LogP contribution in [0.25, 0.3) is 0 Å². The number of amides is 1. The number of rotatable bonds is 5. The Kier molecular flexibility index (Phi) is 5.96. The second kappa shape index (κ2) is 8.38. The van der Waals surface area contributed by atoms with E-state index in [1.54, 1.807) is 35.2 Å². The van der Waals surface area contributed by atoms with Crippen LogP contribution >= 0.6 is 0 Å². The summed E-state index contributed by atoms with van der Waals surface area (Å²) >= 11 is 0. The molecule has 138 valence electrons. The third kappa shape index (κ3) is 4.45. The van der Waals surface area contributed by atoms with E-state index in [2.05, 4.69) is 5.32 Å². The highest BCUT2D eigenvalue weighted by atomic mass is 19.1. The summed E-state index contributed by atoms with van der Waals surface area (Å²) in [6, 6.07) is 12.1. The molecule has 1 saturated heterocycles. The van der Waals surface area contributed by atoms with Gasteiger partial charge >= 0.3 is 0 Å². The number of nitrogens with two attached hydrogens (primary N) is 1. The zero-order valence-corrected chi connectivity index (χ0v) is 14.5. The Bertz CT molecular complexity index is 751. The van der Waals surface area contributed by atoms with Crippen LogP contribution in [0.5, 0.6) is 0 Å². The third-order valence-electron chi connectivity index (χ3n) is 4.70. The van der Waals surface area contributed by atoms with Gasteiger partial charge in [-0.15, -0.1) is 0 Å². The molecule has 2 aromatic rings. The van der Waals surface area contributed by atoms with Crippen molar-refractivity contribution in [3.63, 3.8) is 0 Å². The molecule has 26 heavy (non-hydrogen) atoms. The van der Waals surface area contributed by atoms with Gasteiger partial charge < -0.3 is 16.0 Å². The maximum Gasteiger partial charge on any atom is 0.224 e. The fourth-order valence-corrected chi connectivity index (χ4v) is 3.35. The first kappa shape index (κ1) is 18.5. The van der Waals surface area contributed by atoms with Gasteiger partial charge in [-0.2, -0.15) is 0 Å². The Labute approximate surface area is 152 Å². The molecule has 0 aromatic heterocycles. The Morgan fingerprint density at radius 2 is 1.92 bits per heavy atom. The third-order valence-corrected chi connectivity index (χ3v) is 4.70. The molecule has 0 spiro atoms. The minimum atomic E-state index is -0.455. The van der Waals surface area contributed by atoms with Crippen LogP contribution in [0.4, 0.5) is 8.78 Å². The van der Waals surface area contributed by atoms with Gasteiger partial charge in [0.1, 0.15) is 11.6 Å². The first-order chi connectivity index (χ1) is 12.5. The lowest BCUT2D eigenvalue weighted by Crippen LogP contribution is -2.49. The van der Waals surface area contributed by atoms with E-state index in [0.29, 0.717) is 31.6 Å². The number of hydrogen-bond acceptors (Lipinski definition) is 3. The van der Waals surface area contributed by atoms with Gasteiger partial charge in [0.2, 0.25) is 5.91 Å². The topological polar surface area (TPSA) is 58.4 Å². The van der Waals surface area contributed by atoms with E-state index in [0.717, 1.165) is 5.56 Å². The number of benzene rings is 2. The fourth-order valence-electron chi connectivity index (χ4n) is 3.35. The van der Waals surface area contributed by atoms with Gasteiger partial charge in [-0.3, -0.25) is 4.79 Å². The smallest absolute Gasteiger partial charge is 0.224 e. The van der Waals surface area contributed by atoms with Crippen LogP contribution in [0.3, 0.4) is 0 Å². The second-order valence-electron chi connectivity index (χ2n) is 6.62. The van der Waals surface area contributed by atoms with Gasteiger partial charge in [0.15, 0.2) is 0 Å². The molecule has 3 N–H and O–H groups in total. The summed E-state index contributed by atoms with van der Waals surface area (Å²) in [6.07, 6.45) is 0.456. The van der Waals surface area contributed by atoms with Gasteiger partial charge in [0.25, 0.3) is 0 Å². The zero-order chi connectivity index (χ0) is 18.5. The molecule has 0 aliphatic carbocycles.